The third kappa shape index (κ3) is 1.29. The predicted octanol–water partition coefficient (Wildman–Crippen LogP) is 2.09. The zero-order valence-electron chi connectivity index (χ0n) is 10.6. The first-order chi connectivity index (χ1) is 7.74. The average molecular weight is 220 g/mol. The molecule has 0 aromatic rings. The molecule has 3 fully saturated rings. The topological polar surface area (TPSA) is 15.3 Å². The maximum Gasteiger partial charge on any atom is 0.0297 e. The molecule has 90 valence electrons. The van der Waals surface area contributed by atoms with Crippen LogP contribution in [0.25, 0.3) is 0 Å². The van der Waals surface area contributed by atoms with Gasteiger partial charge in [-0.2, -0.15) is 0 Å². The van der Waals surface area contributed by atoms with Crippen molar-refractivity contribution in [3.8, 4) is 0 Å². The van der Waals surface area contributed by atoms with E-state index in [2.05, 4.69) is 30.6 Å². The van der Waals surface area contributed by atoms with Crippen LogP contribution in [0.2, 0.25) is 0 Å². The number of nitrogens with one attached hydrogen (secondary N) is 1. The SMILES string of the molecule is C=CN(CC)CCNC1C2C(C)CC3CC312. The van der Waals surface area contributed by atoms with Crippen LogP contribution in [-0.4, -0.2) is 30.6 Å². The summed E-state index contributed by atoms with van der Waals surface area (Å²) in [5, 5.41) is 3.78. The molecule has 0 aromatic carbocycles. The molecule has 3 aliphatic rings. The van der Waals surface area contributed by atoms with E-state index in [1.165, 1.54) is 12.8 Å². The fourth-order valence-electron chi connectivity index (χ4n) is 4.46. The standard InChI is InChI=1S/C14H24N2/c1-4-16(5-2)7-6-15-13-12-10(3)8-11-9-14(11,12)13/h4,10-13,15H,1,5-9H2,2-3H3. The van der Waals surface area contributed by atoms with Crippen molar-refractivity contribution in [2.24, 2.45) is 23.2 Å². The van der Waals surface area contributed by atoms with E-state index in [-0.39, 0.29) is 0 Å². The van der Waals surface area contributed by atoms with Gasteiger partial charge in [0.25, 0.3) is 0 Å². The number of rotatable bonds is 6. The molecule has 0 heterocycles. The number of nitrogens with zero attached hydrogens (tertiary/aromatic N) is 1. The zero-order valence-corrected chi connectivity index (χ0v) is 10.6. The van der Waals surface area contributed by atoms with Gasteiger partial charge < -0.3 is 10.2 Å². The highest BCUT2D eigenvalue weighted by Gasteiger charge is 2.82. The molecule has 1 N–H and O–H groups in total. The van der Waals surface area contributed by atoms with E-state index >= 15 is 0 Å². The first kappa shape index (κ1) is 10.6. The molecule has 3 rings (SSSR count). The van der Waals surface area contributed by atoms with E-state index in [9.17, 15) is 0 Å². The lowest BCUT2D eigenvalue weighted by Crippen LogP contribution is -2.31. The van der Waals surface area contributed by atoms with Gasteiger partial charge >= 0.3 is 0 Å². The van der Waals surface area contributed by atoms with Crippen molar-refractivity contribution >= 4 is 0 Å². The molecule has 0 saturated heterocycles. The zero-order chi connectivity index (χ0) is 11.3. The maximum atomic E-state index is 3.83. The predicted molar refractivity (Wildman–Crippen MR) is 67.0 cm³/mol. The molecular formula is C14H24N2. The molecule has 0 aliphatic heterocycles. The van der Waals surface area contributed by atoms with Gasteiger partial charge in [-0.3, -0.25) is 0 Å². The summed E-state index contributed by atoms with van der Waals surface area (Å²) in [6.07, 6.45) is 4.99. The van der Waals surface area contributed by atoms with E-state index in [0.717, 1.165) is 48.8 Å². The van der Waals surface area contributed by atoms with Crippen LogP contribution in [0.3, 0.4) is 0 Å². The Balaban J connectivity index is 1.44. The number of likely N-dealkylation sites (N-methyl/N-ethyl adjacent to an activating group) is 1. The molecule has 3 aliphatic carbocycles. The Morgan fingerprint density at radius 2 is 2.38 bits per heavy atom. The van der Waals surface area contributed by atoms with Crippen LogP contribution in [0, 0.1) is 23.2 Å². The lowest BCUT2D eigenvalue weighted by molar-refractivity contribution is 0.376. The van der Waals surface area contributed by atoms with E-state index in [1.807, 2.05) is 6.20 Å². The molecule has 2 heteroatoms. The molecule has 0 aromatic heterocycles. The van der Waals surface area contributed by atoms with E-state index in [0.29, 0.717) is 0 Å². The molecule has 5 atom stereocenters. The normalized spacial score (nSPS) is 47.1. The Kier molecular flexibility index (Phi) is 2.32. The molecule has 0 bridgehead atoms. The summed E-state index contributed by atoms with van der Waals surface area (Å²) in [6, 6.07) is 0.866. The van der Waals surface area contributed by atoms with Crippen LogP contribution >= 0.6 is 0 Å². The van der Waals surface area contributed by atoms with Crippen LogP contribution in [0.4, 0.5) is 0 Å². The van der Waals surface area contributed by atoms with E-state index in [1.54, 1.807) is 0 Å². The van der Waals surface area contributed by atoms with Crippen LogP contribution < -0.4 is 5.32 Å². The summed E-state index contributed by atoms with van der Waals surface area (Å²) in [5.41, 5.74) is 0.796. The Morgan fingerprint density at radius 3 is 2.94 bits per heavy atom. The highest BCUT2D eigenvalue weighted by molar-refractivity contribution is 5.33. The van der Waals surface area contributed by atoms with E-state index in [4.69, 9.17) is 0 Å². The molecule has 0 radical (unpaired) electrons. The van der Waals surface area contributed by atoms with Crippen molar-refractivity contribution in [3.05, 3.63) is 12.8 Å². The largest absolute Gasteiger partial charge is 0.377 e. The van der Waals surface area contributed by atoms with Crippen LogP contribution in [-0.2, 0) is 0 Å². The van der Waals surface area contributed by atoms with Crippen LogP contribution in [0.1, 0.15) is 26.7 Å². The van der Waals surface area contributed by atoms with Gasteiger partial charge in [0.2, 0.25) is 0 Å². The van der Waals surface area contributed by atoms with Gasteiger partial charge in [0.15, 0.2) is 0 Å². The molecule has 1 spiro atoms. The Labute approximate surface area is 99.1 Å². The summed E-state index contributed by atoms with van der Waals surface area (Å²) in [5.74, 6) is 3.10. The van der Waals surface area contributed by atoms with Gasteiger partial charge in [-0.25, -0.2) is 0 Å². The fraction of sp³-hybridized carbons (Fsp3) is 0.857. The smallest absolute Gasteiger partial charge is 0.0297 e. The molecule has 0 amide bonds. The average Bonchev–Trinajstić information content (AvgIpc) is 3.11. The van der Waals surface area contributed by atoms with Crippen molar-refractivity contribution in [1.82, 2.24) is 10.2 Å². The third-order valence-electron chi connectivity index (χ3n) is 5.35. The highest BCUT2D eigenvalue weighted by atomic mass is 15.1. The van der Waals surface area contributed by atoms with Crippen molar-refractivity contribution in [2.75, 3.05) is 19.6 Å². The van der Waals surface area contributed by atoms with Crippen LogP contribution in [0.5, 0.6) is 0 Å². The minimum Gasteiger partial charge on any atom is -0.377 e. The number of hydrogen-bond acceptors (Lipinski definition) is 2. The summed E-state index contributed by atoms with van der Waals surface area (Å²) < 4.78 is 0. The fourth-order valence-corrected chi connectivity index (χ4v) is 4.46. The number of hydrogen-bond donors (Lipinski definition) is 1. The van der Waals surface area contributed by atoms with Gasteiger partial charge in [0.05, 0.1) is 0 Å². The lowest BCUT2D eigenvalue weighted by Gasteiger charge is -2.18. The summed E-state index contributed by atoms with van der Waals surface area (Å²) in [6.45, 7) is 11.8. The molecule has 3 saturated carbocycles. The Morgan fingerprint density at radius 1 is 1.56 bits per heavy atom. The second-order valence-corrected chi connectivity index (χ2v) is 6.00. The Bertz CT molecular complexity index is 301. The minimum absolute atomic E-state index is 0.796. The van der Waals surface area contributed by atoms with Crippen molar-refractivity contribution < 1.29 is 0 Å². The Hall–Kier alpha value is -0.500. The second-order valence-electron chi connectivity index (χ2n) is 6.00. The van der Waals surface area contributed by atoms with Gasteiger partial charge in [0, 0.05) is 25.7 Å². The first-order valence-electron chi connectivity index (χ1n) is 6.84. The third-order valence-corrected chi connectivity index (χ3v) is 5.35. The molecule has 2 nitrogen and oxygen atoms in total. The minimum atomic E-state index is 0.796. The monoisotopic (exact) mass is 220 g/mol. The van der Waals surface area contributed by atoms with Gasteiger partial charge in [-0.15, -0.1) is 0 Å². The quantitative estimate of drug-likeness (QED) is 0.737. The maximum absolute atomic E-state index is 3.83. The first-order valence-corrected chi connectivity index (χ1v) is 6.84. The van der Waals surface area contributed by atoms with Gasteiger partial charge in [-0.1, -0.05) is 13.5 Å². The van der Waals surface area contributed by atoms with Crippen molar-refractivity contribution in [1.29, 1.82) is 0 Å². The highest BCUT2D eigenvalue weighted by Crippen LogP contribution is 2.83. The van der Waals surface area contributed by atoms with Crippen molar-refractivity contribution in [2.45, 2.75) is 32.7 Å². The van der Waals surface area contributed by atoms with E-state index < -0.39 is 0 Å². The lowest BCUT2D eigenvalue weighted by atomic mass is 10.0. The summed E-state index contributed by atoms with van der Waals surface area (Å²) in [7, 11) is 0. The molecule has 16 heavy (non-hydrogen) atoms. The van der Waals surface area contributed by atoms with Gasteiger partial charge in [0.1, 0.15) is 0 Å². The van der Waals surface area contributed by atoms with Crippen molar-refractivity contribution in [3.63, 3.8) is 0 Å². The molecular weight excluding hydrogens is 196 g/mol. The summed E-state index contributed by atoms with van der Waals surface area (Å²) in [4.78, 5) is 2.27. The van der Waals surface area contributed by atoms with Gasteiger partial charge in [-0.05, 0) is 49.1 Å². The second kappa shape index (κ2) is 3.49. The van der Waals surface area contributed by atoms with Crippen LogP contribution in [0.15, 0.2) is 12.8 Å². The molecule has 5 unspecified atom stereocenters. The summed E-state index contributed by atoms with van der Waals surface area (Å²) >= 11 is 0.